The highest BCUT2D eigenvalue weighted by Gasteiger charge is 2.18. The third-order valence-electron chi connectivity index (χ3n) is 4.54. The van der Waals surface area contributed by atoms with Crippen LogP contribution >= 0.6 is 23.4 Å². The Hall–Kier alpha value is -2.82. The number of nitriles is 1. The minimum absolute atomic E-state index is 0.0864. The number of hydrogen-bond acceptors (Lipinski definition) is 5. The standard InChI is InChI=1S/C22H22ClN5OS/c1-15-9-16(2)11-19(10-15)27(8-4-7-24)21(29)13-30-22-26-25-14-28(22)18-6-5-17(3)20(23)12-18/h5-6,9-12,14H,4,8,13H2,1-3H3. The molecule has 2 aromatic carbocycles. The van der Waals surface area contributed by atoms with Crippen molar-refractivity contribution in [1.29, 1.82) is 5.26 Å². The lowest BCUT2D eigenvalue weighted by Crippen LogP contribution is -2.33. The van der Waals surface area contributed by atoms with Gasteiger partial charge in [0.2, 0.25) is 5.91 Å². The Morgan fingerprint density at radius 1 is 1.20 bits per heavy atom. The molecule has 0 saturated carbocycles. The van der Waals surface area contributed by atoms with E-state index in [-0.39, 0.29) is 18.1 Å². The molecule has 0 bridgehead atoms. The van der Waals surface area contributed by atoms with E-state index in [9.17, 15) is 4.79 Å². The van der Waals surface area contributed by atoms with Crippen molar-refractivity contribution in [3.63, 3.8) is 0 Å². The van der Waals surface area contributed by atoms with E-state index < -0.39 is 0 Å². The van der Waals surface area contributed by atoms with E-state index >= 15 is 0 Å². The van der Waals surface area contributed by atoms with Gasteiger partial charge in [-0.3, -0.25) is 9.36 Å². The lowest BCUT2D eigenvalue weighted by Gasteiger charge is -2.22. The van der Waals surface area contributed by atoms with Crippen molar-refractivity contribution >= 4 is 35.0 Å². The van der Waals surface area contributed by atoms with Gasteiger partial charge in [0.25, 0.3) is 0 Å². The molecule has 30 heavy (non-hydrogen) atoms. The lowest BCUT2D eigenvalue weighted by molar-refractivity contribution is -0.116. The van der Waals surface area contributed by atoms with E-state index in [4.69, 9.17) is 16.9 Å². The fourth-order valence-electron chi connectivity index (χ4n) is 3.10. The number of nitrogens with zero attached hydrogens (tertiary/aromatic N) is 5. The van der Waals surface area contributed by atoms with Crippen LogP contribution in [0.25, 0.3) is 5.69 Å². The molecule has 3 aromatic rings. The average molecular weight is 440 g/mol. The summed E-state index contributed by atoms with van der Waals surface area (Å²) in [5, 5.41) is 18.4. The van der Waals surface area contributed by atoms with Crippen LogP contribution in [0.4, 0.5) is 5.69 Å². The number of thioether (sulfide) groups is 1. The summed E-state index contributed by atoms with van der Waals surface area (Å²) in [6.45, 7) is 6.27. The Morgan fingerprint density at radius 3 is 2.60 bits per heavy atom. The van der Waals surface area contributed by atoms with Crippen molar-refractivity contribution in [2.75, 3.05) is 17.2 Å². The molecule has 1 heterocycles. The monoisotopic (exact) mass is 439 g/mol. The Morgan fingerprint density at radius 2 is 1.93 bits per heavy atom. The van der Waals surface area contributed by atoms with Crippen LogP contribution in [0.15, 0.2) is 47.9 Å². The maximum absolute atomic E-state index is 13.0. The maximum Gasteiger partial charge on any atom is 0.237 e. The van der Waals surface area contributed by atoms with Crippen LogP contribution < -0.4 is 4.90 Å². The second-order valence-corrected chi connectivity index (χ2v) is 8.35. The van der Waals surface area contributed by atoms with Gasteiger partial charge in [0.15, 0.2) is 5.16 Å². The largest absolute Gasteiger partial charge is 0.311 e. The van der Waals surface area contributed by atoms with Crippen molar-refractivity contribution in [3.8, 4) is 11.8 Å². The van der Waals surface area contributed by atoms with E-state index in [0.717, 1.165) is 28.1 Å². The first-order valence-electron chi connectivity index (χ1n) is 9.44. The van der Waals surface area contributed by atoms with Crippen LogP contribution in [0.2, 0.25) is 5.02 Å². The number of halogens is 1. The van der Waals surface area contributed by atoms with Gasteiger partial charge in [0.05, 0.1) is 23.9 Å². The molecule has 0 N–H and O–H groups in total. The van der Waals surface area contributed by atoms with Crippen molar-refractivity contribution in [3.05, 3.63) is 64.4 Å². The molecule has 1 aromatic heterocycles. The lowest BCUT2D eigenvalue weighted by atomic mass is 10.1. The van der Waals surface area contributed by atoms with E-state index in [0.29, 0.717) is 16.7 Å². The predicted octanol–water partition coefficient (Wildman–Crippen LogP) is 4.88. The average Bonchev–Trinajstić information content (AvgIpc) is 3.16. The Labute approximate surface area is 185 Å². The number of rotatable bonds is 7. The first-order valence-corrected chi connectivity index (χ1v) is 10.8. The Bertz CT molecular complexity index is 1080. The summed E-state index contributed by atoms with van der Waals surface area (Å²) in [6, 6.07) is 13.8. The fraction of sp³-hybridized carbons (Fsp3) is 0.273. The number of carbonyl (C=O) groups excluding carboxylic acids is 1. The second-order valence-electron chi connectivity index (χ2n) is 7.01. The highest BCUT2D eigenvalue weighted by atomic mass is 35.5. The number of benzene rings is 2. The summed E-state index contributed by atoms with van der Waals surface area (Å²) in [4.78, 5) is 14.7. The van der Waals surface area contributed by atoms with E-state index in [1.54, 1.807) is 15.8 Å². The molecule has 0 spiro atoms. The second kappa shape index (κ2) is 9.79. The summed E-state index contributed by atoms with van der Waals surface area (Å²) in [5.74, 6) is 0.0909. The van der Waals surface area contributed by atoms with Crippen LogP contribution in [-0.2, 0) is 4.79 Å². The highest BCUT2D eigenvalue weighted by molar-refractivity contribution is 7.99. The van der Waals surface area contributed by atoms with Crippen LogP contribution in [0.3, 0.4) is 0 Å². The minimum atomic E-state index is -0.0864. The predicted molar refractivity (Wildman–Crippen MR) is 120 cm³/mol. The topological polar surface area (TPSA) is 74.8 Å². The van der Waals surface area contributed by atoms with Crippen LogP contribution in [0, 0.1) is 32.1 Å². The number of amides is 1. The molecule has 0 radical (unpaired) electrons. The molecule has 154 valence electrons. The number of anilines is 1. The number of hydrogen-bond donors (Lipinski definition) is 0. The molecular weight excluding hydrogens is 418 g/mol. The smallest absolute Gasteiger partial charge is 0.237 e. The SMILES string of the molecule is Cc1cc(C)cc(N(CCC#N)C(=O)CSc2nncn2-c2ccc(C)c(Cl)c2)c1. The van der Waals surface area contributed by atoms with Crippen LogP contribution in [0.5, 0.6) is 0 Å². The van der Waals surface area contributed by atoms with E-state index in [2.05, 4.69) is 22.3 Å². The molecule has 0 atom stereocenters. The van der Waals surface area contributed by atoms with Crippen molar-refractivity contribution < 1.29 is 4.79 Å². The van der Waals surface area contributed by atoms with Gasteiger partial charge in [-0.1, -0.05) is 35.5 Å². The molecule has 0 aliphatic carbocycles. The Balaban J connectivity index is 1.78. The third kappa shape index (κ3) is 5.21. The zero-order valence-electron chi connectivity index (χ0n) is 17.1. The van der Waals surface area contributed by atoms with Gasteiger partial charge >= 0.3 is 0 Å². The zero-order valence-corrected chi connectivity index (χ0v) is 18.7. The quantitative estimate of drug-likeness (QED) is 0.490. The van der Waals surface area contributed by atoms with Gasteiger partial charge in [0.1, 0.15) is 6.33 Å². The molecule has 0 aliphatic rings. The van der Waals surface area contributed by atoms with E-state index in [1.165, 1.54) is 11.8 Å². The van der Waals surface area contributed by atoms with Gasteiger partial charge in [-0.2, -0.15) is 5.26 Å². The molecule has 0 unspecified atom stereocenters. The van der Waals surface area contributed by atoms with Gasteiger partial charge in [-0.25, -0.2) is 0 Å². The summed E-state index contributed by atoms with van der Waals surface area (Å²) in [7, 11) is 0. The summed E-state index contributed by atoms with van der Waals surface area (Å²) >= 11 is 7.55. The molecule has 6 nitrogen and oxygen atoms in total. The zero-order chi connectivity index (χ0) is 21.7. The number of aryl methyl sites for hydroxylation is 3. The fourth-order valence-corrected chi connectivity index (χ4v) is 4.08. The highest BCUT2D eigenvalue weighted by Crippen LogP contribution is 2.25. The molecule has 0 saturated heterocycles. The molecular formula is C22H22ClN5OS. The first-order chi connectivity index (χ1) is 14.4. The van der Waals surface area contributed by atoms with Crippen molar-refractivity contribution in [2.45, 2.75) is 32.3 Å². The van der Waals surface area contributed by atoms with Gasteiger partial charge in [0, 0.05) is 17.3 Å². The van der Waals surface area contributed by atoms with Gasteiger partial charge in [-0.05, 0) is 61.7 Å². The molecule has 3 rings (SSSR count). The molecule has 0 fully saturated rings. The number of aromatic nitrogens is 3. The summed E-state index contributed by atoms with van der Waals surface area (Å²) in [6.07, 6.45) is 1.87. The van der Waals surface area contributed by atoms with E-state index in [1.807, 2.05) is 51.1 Å². The molecule has 0 aliphatic heterocycles. The van der Waals surface area contributed by atoms with Crippen LogP contribution in [0.1, 0.15) is 23.1 Å². The van der Waals surface area contributed by atoms with Gasteiger partial charge in [-0.15, -0.1) is 10.2 Å². The normalized spacial score (nSPS) is 10.6. The summed E-state index contributed by atoms with van der Waals surface area (Å²) < 4.78 is 1.81. The van der Waals surface area contributed by atoms with Crippen molar-refractivity contribution in [2.24, 2.45) is 0 Å². The number of carbonyl (C=O) groups is 1. The molecule has 1 amide bonds. The third-order valence-corrected chi connectivity index (χ3v) is 5.88. The maximum atomic E-state index is 13.0. The molecule has 8 heteroatoms. The first kappa shape index (κ1) is 21.9. The minimum Gasteiger partial charge on any atom is -0.311 e. The van der Waals surface area contributed by atoms with Crippen molar-refractivity contribution in [1.82, 2.24) is 14.8 Å². The Kier molecular flexibility index (Phi) is 7.14. The summed E-state index contributed by atoms with van der Waals surface area (Å²) in [5.41, 5.74) is 4.77. The van der Waals surface area contributed by atoms with Crippen LogP contribution in [-0.4, -0.2) is 33.0 Å². The van der Waals surface area contributed by atoms with Gasteiger partial charge < -0.3 is 4.90 Å².